The average molecular weight is 476 g/mol. The fourth-order valence-electron chi connectivity index (χ4n) is 4.83. The monoisotopic (exact) mass is 475 g/mol. The summed E-state index contributed by atoms with van der Waals surface area (Å²) in [5.74, 6) is 1.76. The van der Waals surface area contributed by atoms with Crippen LogP contribution in [-0.2, 0) is 12.6 Å². The lowest BCUT2D eigenvalue weighted by Gasteiger charge is -2.48. The number of aryl methyl sites for hydroxylation is 1. The van der Waals surface area contributed by atoms with Gasteiger partial charge in [0.05, 0.1) is 12.5 Å². The van der Waals surface area contributed by atoms with E-state index in [-0.39, 0.29) is 24.0 Å². The minimum atomic E-state index is -0.410. The molecule has 152 valence electrons. The second-order valence-electron chi connectivity index (χ2n) is 7.94. The summed E-state index contributed by atoms with van der Waals surface area (Å²) in [4.78, 5) is 21.7. The Bertz CT molecular complexity index is 1010. The Hall–Kier alpha value is -2.00. The molecule has 1 saturated carbocycles. The van der Waals surface area contributed by atoms with E-state index in [1.807, 2.05) is 19.2 Å². The molecule has 3 N–H and O–H groups in total. The molecule has 0 saturated heterocycles. The standard InChI is InChI=1S/C20H22BrN5O2S/c1-26-10-23-8-15(26)18(27)24-12-3-5-17-14(7-12)20(9-29-19(22)25-20)13-6-11(21)2-4-16(13)28-17/h2,4,6,8,10,12,14,17H,3,5,7,9H2,1H3,(H2,22,25)(H,24,27)/t12?,14-,17-,20?/m0/s1. The third-order valence-corrected chi connectivity index (χ3v) is 7.69. The molecular formula is C20H22BrN5O2S. The Balaban J connectivity index is 1.45. The number of halogens is 1. The number of benzene rings is 1. The summed E-state index contributed by atoms with van der Waals surface area (Å²) in [5.41, 5.74) is 7.37. The van der Waals surface area contributed by atoms with Crippen LogP contribution in [0.3, 0.4) is 0 Å². The van der Waals surface area contributed by atoms with E-state index in [4.69, 9.17) is 15.5 Å². The maximum atomic E-state index is 12.7. The summed E-state index contributed by atoms with van der Waals surface area (Å²) < 4.78 is 9.13. The quantitative estimate of drug-likeness (QED) is 0.696. The van der Waals surface area contributed by atoms with Gasteiger partial charge < -0.3 is 20.4 Å². The highest BCUT2D eigenvalue weighted by Gasteiger charge is 2.54. The molecule has 1 aromatic heterocycles. The minimum absolute atomic E-state index is 0.0647. The van der Waals surface area contributed by atoms with E-state index in [1.54, 1.807) is 28.9 Å². The Kier molecular flexibility index (Phi) is 4.62. The summed E-state index contributed by atoms with van der Waals surface area (Å²) in [5, 5.41) is 3.82. The van der Waals surface area contributed by atoms with E-state index in [0.29, 0.717) is 10.9 Å². The lowest BCUT2D eigenvalue weighted by molar-refractivity contribution is 0.0155. The number of hydrogen-bond acceptors (Lipinski definition) is 6. The van der Waals surface area contributed by atoms with Crippen LogP contribution in [0.15, 0.2) is 40.2 Å². The van der Waals surface area contributed by atoms with Crippen LogP contribution >= 0.6 is 27.7 Å². The van der Waals surface area contributed by atoms with Crippen molar-refractivity contribution in [3.05, 3.63) is 46.5 Å². The SMILES string of the molecule is Cn1cncc1C(=O)NC1CC[C@@H]2Oc3ccc(Br)cc3C3(CSC(N)=N3)[C@H]2C1. The third-order valence-electron chi connectivity index (χ3n) is 6.22. The number of amides is 1. The van der Waals surface area contributed by atoms with Gasteiger partial charge in [-0.05, 0) is 37.5 Å². The van der Waals surface area contributed by atoms with Crippen molar-refractivity contribution >= 4 is 38.8 Å². The zero-order valence-corrected chi connectivity index (χ0v) is 18.4. The number of amidine groups is 1. The van der Waals surface area contributed by atoms with E-state index >= 15 is 0 Å². The molecule has 5 rings (SSSR count). The van der Waals surface area contributed by atoms with E-state index in [0.717, 1.165) is 40.8 Å². The first-order valence-corrected chi connectivity index (χ1v) is 11.5. The Morgan fingerprint density at radius 3 is 3.03 bits per heavy atom. The number of fused-ring (bicyclic) bond motifs is 4. The third kappa shape index (κ3) is 3.15. The van der Waals surface area contributed by atoms with Gasteiger partial charge in [0.2, 0.25) is 0 Å². The van der Waals surface area contributed by atoms with Gasteiger partial charge in [0.25, 0.3) is 5.91 Å². The molecule has 2 aliphatic heterocycles. The highest BCUT2D eigenvalue weighted by atomic mass is 79.9. The number of nitrogens with one attached hydrogen (secondary N) is 1. The van der Waals surface area contributed by atoms with Crippen LogP contribution in [0.1, 0.15) is 35.3 Å². The molecule has 3 aliphatic rings. The Morgan fingerprint density at radius 1 is 1.45 bits per heavy atom. The lowest BCUT2D eigenvalue weighted by atomic mass is 9.67. The zero-order valence-electron chi connectivity index (χ0n) is 16.0. The van der Waals surface area contributed by atoms with Gasteiger partial charge in [-0.1, -0.05) is 27.7 Å². The molecular weight excluding hydrogens is 454 g/mol. The van der Waals surface area contributed by atoms with Gasteiger partial charge in [0.1, 0.15) is 23.1 Å². The predicted molar refractivity (Wildman–Crippen MR) is 116 cm³/mol. The van der Waals surface area contributed by atoms with Crippen molar-refractivity contribution in [1.29, 1.82) is 0 Å². The van der Waals surface area contributed by atoms with Crippen molar-refractivity contribution in [2.24, 2.45) is 23.7 Å². The second-order valence-corrected chi connectivity index (χ2v) is 9.85. The first kappa shape index (κ1) is 19.0. The van der Waals surface area contributed by atoms with E-state index < -0.39 is 5.54 Å². The van der Waals surface area contributed by atoms with Crippen LogP contribution < -0.4 is 15.8 Å². The van der Waals surface area contributed by atoms with Gasteiger partial charge in [-0.3, -0.25) is 4.79 Å². The number of imidazole rings is 1. The summed E-state index contributed by atoms with van der Waals surface area (Å²) in [6, 6.07) is 6.19. The van der Waals surface area contributed by atoms with Gasteiger partial charge in [-0.2, -0.15) is 0 Å². The molecule has 4 atom stereocenters. The van der Waals surface area contributed by atoms with Gasteiger partial charge >= 0.3 is 0 Å². The molecule has 3 heterocycles. The molecule has 2 aromatic rings. The van der Waals surface area contributed by atoms with Crippen LogP contribution in [0.4, 0.5) is 0 Å². The van der Waals surface area contributed by atoms with E-state index in [2.05, 4.69) is 32.3 Å². The van der Waals surface area contributed by atoms with Gasteiger partial charge in [0, 0.05) is 34.8 Å². The molecule has 0 bridgehead atoms. The van der Waals surface area contributed by atoms with E-state index in [9.17, 15) is 4.79 Å². The number of carbonyl (C=O) groups is 1. The largest absolute Gasteiger partial charge is 0.490 e. The molecule has 9 heteroatoms. The first-order chi connectivity index (χ1) is 14.0. The van der Waals surface area contributed by atoms with Crippen molar-refractivity contribution in [3.63, 3.8) is 0 Å². The molecule has 0 radical (unpaired) electrons. The van der Waals surface area contributed by atoms with Crippen molar-refractivity contribution in [2.45, 2.75) is 36.9 Å². The Morgan fingerprint density at radius 2 is 2.31 bits per heavy atom. The smallest absolute Gasteiger partial charge is 0.269 e. The van der Waals surface area contributed by atoms with Crippen molar-refractivity contribution < 1.29 is 9.53 Å². The normalized spacial score (nSPS) is 30.3. The van der Waals surface area contributed by atoms with Crippen LogP contribution in [0.2, 0.25) is 0 Å². The molecule has 1 aliphatic carbocycles. The fraction of sp³-hybridized carbons (Fsp3) is 0.450. The number of aliphatic imine (C=N–C) groups is 1. The minimum Gasteiger partial charge on any atom is -0.490 e. The number of aromatic nitrogens is 2. The maximum Gasteiger partial charge on any atom is 0.269 e. The number of nitrogens with two attached hydrogens (primary N) is 1. The molecule has 29 heavy (non-hydrogen) atoms. The van der Waals surface area contributed by atoms with Crippen molar-refractivity contribution in [2.75, 3.05) is 5.75 Å². The molecule has 1 fully saturated rings. The first-order valence-electron chi connectivity index (χ1n) is 9.68. The average Bonchev–Trinajstić information content (AvgIpc) is 3.30. The molecule has 1 aromatic carbocycles. The summed E-state index contributed by atoms with van der Waals surface area (Å²) >= 11 is 5.19. The maximum absolute atomic E-state index is 12.7. The van der Waals surface area contributed by atoms with E-state index in [1.165, 1.54) is 0 Å². The molecule has 7 nitrogen and oxygen atoms in total. The molecule has 1 spiro atoms. The van der Waals surface area contributed by atoms with Crippen molar-refractivity contribution in [1.82, 2.24) is 14.9 Å². The van der Waals surface area contributed by atoms with Crippen LogP contribution in [0.25, 0.3) is 0 Å². The number of ether oxygens (including phenoxy) is 1. The van der Waals surface area contributed by atoms with Gasteiger partial charge in [-0.25, -0.2) is 9.98 Å². The molecule has 2 unspecified atom stereocenters. The Labute approximate surface area is 181 Å². The summed E-state index contributed by atoms with van der Waals surface area (Å²) in [6.45, 7) is 0. The number of nitrogens with zero attached hydrogens (tertiary/aromatic N) is 3. The number of rotatable bonds is 2. The highest BCUT2D eigenvalue weighted by molar-refractivity contribution is 9.10. The topological polar surface area (TPSA) is 94.5 Å². The summed E-state index contributed by atoms with van der Waals surface area (Å²) in [7, 11) is 1.82. The number of hydrogen-bond donors (Lipinski definition) is 2. The highest BCUT2D eigenvalue weighted by Crippen LogP contribution is 2.54. The van der Waals surface area contributed by atoms with Crippen molar-refractivity contribution in [3.8, 4) is 5.75 Å². The van der Waals surface area contributed by atoms with Crippen LogP contribution in [0.5, 0.6) is 5.75 Å². The zero-order chi connectivity index (χ0) is 20.2. The number of carbonyl (C=O) groups excluding carboxylic acids is 1. The lowest BCUT2D eigenvalue weighted by Crippen LogP contribution is -2.54. The van der Waals surface area contributed by atoms with Gasteiger partial charge in [0.15, 0.2) is 5.17 Å². The predicted octanol–water partition coefficient (Wildman–Crippen LogP) is 2.80. The fourth-order valence-corrected chi connectivity index (χ4v) is 6.22. The molecule has 1 amide bonds. The van der Waals surface area contributed by atoms with Crippen LogP contribution in [0, 0.1) is 5.92 Å². The second kappa shape index (κ2) is 7.05. The summed E-state index contributed by atoms with van der Waals surface area (Å²) in [6.07, 6.45) is 5.86. The van der Waals surface area contributed by atoms with Crippen LogP contribution in [-0.4, -0.2) is 38.5 Å². The number of thioether (sulfide) groups is 1. The van der Waals surface area contributed by atoms with Gasteiger partial charge in [-0.15, -0.1) is 0 Å².